The first-order valence-electron chi connectivity index (χ1n) is 7.85. The second-order valence-corrected chi connectivity index (χ2v) is 5.44. The second kappa shape index (κ2) is 8.79. The monoisotopic (exact) mass is 343 g/mol. The molecule has 0 saturated carbocycles. The van der Waals surface area contributed by atoms with Crippen molar-refractivity contribution in [2.75, 3.05) is 32.6 Å². The minimum absolute atomic E-state index is 0.125. The van der Waals surface area contributed by atoms with E-state index in [1.54, 1.807) is 31.2 Å². The van der Waals surface area contributed by atoms with Crippen LogP contribution in [-0.2, 0) is 11.3 Å². The summed E-state index contributed by atoms with van der Waals surface area (Å²) in [5.41, 5.74) is 1.50. The van der Waals surface area contributed by atoms with Crippen LogP contribution in [0.4, 0.5) is 11.4 Å². The van der Waals surface area contributed by atoms with Crippen LogP contribution in [-0.4, -0.2) is 43.0 Å². The highest BCUT2D eigenvalue weighted by Gasteiger charge is 2.21. The molecule has 2 rings (SSSR count). The van der Waals surface area contributed by atoms with Crippen LogP contribution >= 0.6 is 0 Å². The SMILES string of the molecule is CNc1ccc(C(=O)N(CCOC)Cc2ccccc2)cc1[N+](=O)[O-]. The number of nitro groups is 1. The minimum atomic E-state index is -0.501. The Morgan fingerprint density at radius 1 is 1.24 bits per heavy atom. The molecule has 0 fully saturated rings. The Morgan fingerprint density at radius 2 is 1.96 bits per heavy atom. The van der Waals surface area contributed by atoms with Crippen molar-refractivity contribution < 1.29 is 14.5 Å². The number of amides is 1. The Hall–Kier alpha value is -2.93. The van der Waals surface area contributed by atoms with E-state index in [4.69, 9.17) is 4.74 Å². The van der Waals surface area contributed by atoms with Gasteiger partial charge in [-0.1, -0.05) is 30.3 Å². The van der Waals surface area contributed by atoms with E-state index in [1.165, 1.54) is 6.07 Å². The van der Waals surface area contributed by atoms with E-state index in [2.05, 4.69) is 5.32 Å². The number of rotatable bonds is 8. The molecule has 1 N–H and O–H groups in total. The van der Waals surface area contributed by atoms with Crippen LogP contribution in [0.25, 0.3) is 0 Å². The highest BCUT2D eigenvalue weighted by Crippen LogP contribution is 2.26. The van der Waals surface area contributed by atoms with Gasteiger partial charge in [0.1, 0.15) is 5.69 Å². The maximum Gasteiger partial charge on any atom is 0.293 e. The molecule has 0 aliphatic rings. The fourth-order valence-corrected chi connectivity index (χ4v) is 2.47. The first kappa shape index (κ1) is 18.4. The number of nitro benzene ring substituents is 1. The zero-order valence-corrected chi connectivity index (χ0v) is 14.3. The van der Waals surface area contributed by atoms with Gasteiger partial charge in [-0.05, 0) is 17.7 Å². The van der Waals surface area contributed by atoms with Gasteiger partial charge in [0.2, 0.25) is 0 Å². The quantitative estimate of drug-likeness (QED) is 0.588. The topological polar surface area (TPSA) is 84.7 Å². The average molecular weight is 343 g/mol. The van der Waals surface area contributed by atoms with Gasteiger partial charge in [-0.15, -0.1) is 0 Å². The number of anilines is 1. The Morgan fingerprint density at radius 3 is 2.56 bits per heavy atom. The summed E-state index contributed by atoms with van der Waals surface area (Å²) >= 11 is 0. The number of methoxy groups -OCH3 is 1. The number of ether oxygens (including phenoxy) is 1. The van der Waals surface area contributed by atoms with Crippen molar-refractivity contribution in [1.82, 2.24) is 4.90 Å². The molecule has 0 aromatic heterocycles. The zero-order valence-electron chi connectivity index (χ0n) is 14.3. The molecular weight excluding hydrogens is 322 g/mol. The molecule has 0 atom stereocenters. The summed E-state index contributed by atoms with van der Waals surface area (Å²) in [5, 5.41) is 14.0. The van der Waals surface area contributed by atoms with Crippen molar-refractivity contribution in [3.8, 4) is 0 Å². The first-order chi connectivity index (χ1) is 12.1. The van der Waals surface area contributed by atoms with Crippen LogP contribution < -0.4 is 5.32 Å². The number of nitrogens with zero attached hydrogens (tertiary/aromatic N) is 2. The fourth-order valence-electron chi connectivity index (χ4n) is 2.47. The molecule has 7 nitrogen and oxygen atoms in total. The summed E-state index contributed by atoms with van der Waals surface area (Å²) in [5.74, 6) is -0.272. The Bertz CT molecular complexity index is 734. The molecule has 0 spiro atoms. The molecule has 1 amide bonds. The summed E-state index contributed by atoms with van der Waals surface area (Å²) < 4.78 is 5.08. The zero-order chi connectivity index (χ0) is 18.2. The van der Waals surface area contributed by atoms with Crippen molar-refractivity contribution in [1.29, 1.82) is 0 Å². The third-order valence-electron chi connectivity index (χ3n) is 3.78. The summed E-state index contributed by atoms with van der Waals surface area (Å²) in [4.78, 5) is 25.2. The molecule has 0 bridgehead atoms. The minimum Gasteiger partial charge on any atom is -0.383 e. The van der Waals surface area contributed by atoms with Crippen molar-refractivity contribution in [2.45, 2.75) is 6.54 Å². The lowest BCUT2D eigenvalue weighted by Gasteiger charge is -2.22. The molecule has 0 aliphatic carbocycles. The first-order valence-corrected chi connectivity index (χ1v) is 7.85. The highest BCUT2D eigenvalue weighted by molar-refractivity contribution is 5.95. The van der Waals surface area contributed by atoms with Crippen LogP contribution in [0.15, 0.2) is 48.5 Å². The molecular formula is C18H21N3O4. The molecule has 2 aromatic rings. The fraction of sp³-hybridized carbons (Fsp3) is 0.278. The standard InChI is InChI=1S/C18H21N3O4/c1-19-16-9-8-15(12-17(16)21(23)24)18(22)20(10-11-25-2)13-14-6-4-3-5-7-14/h3-9,12,19H,10-11,13H2,1-2H3. The largest absolute Gasteiger partial charge is 0.383 e. The van der Waals surface area contributed by atoms with E-state index >= 15 is 0 Å². The van der Waals surface area contributed by atoms with E-state index in [-0.39, 0.29) is 17.2 Å². The van der Waals surface area contributed by atoms with Crippen molar-refractivity contribution in [3.05, 3.63) is 69.8 Å². The third-order valence-corrected chi connectivity index (χ3v) is 3.78. The molecule has 0 radical (unpaired) electrons. The van der Waals surface area contributed by atoms with E-state index in [0.717, 1.165) is 5.56 Å². The van der Waals surface area contributed by atoms with Crippen LogP contribution in [0, 0.1) is 10.1 Å². The van der Waals surface area contributed by atoms with E-state index in [0.29, 0.717) is 25.4 Å². The van der Waals surface area contributed by atoms with Gasteiger partial charge < -0.3 is 15.0 Å². The molecule has 2 aromatic carbocycles. The Balaban J connectivity index is 2.29. The molecule has 0 unspecified atom stereocenters. The number of carbonyl (C=O) groups excluding carboxylic acids is 1. The van der Waals surface area contributed by atoms with Crippen LogP contribution in [0.3, 0.4) is 0 Å². The molecule has 0 aliphatic heterocycles. The van der Waals surface area contributed by atoms with Gasteiger partial charge in [-0.3, -0.25) is 14.9 Å². The van der Waals surface area contributed by atoms with Crippen molar-refractivity contribution in [2.24, 2.45) is 0 Å². The van der Waals surface area contributed by atoms with E-state index < -0.39 is 4.92 Å². The van der Waals surface area contributed by atoms with E-state index in [9.17, 15) is 14.9 Å². The van der Waals surface area contributed by atoms with Crippen LogP contribution in [0.5, 0.6) is 0 Å². The number of carbonyl (C=O) groups is 1. The van der Waals surface area contributed by atoms with Gasteiger partial charge in [0.15, 0.2) is 0 Å². The maximum absolute atomic E-state index is 12.9. The Kier molecular flexibility index (Phi) is 6.47. The lowest BCUT2D eigenvalue weighted by molar-refractivity contribution is -0.384. The smallest absolute Gasteiger partial charge is 0.293 e. The second-order valence-electron chi connectivity index (χ2n) is 5.44. The summed E-state index contributed by atoms with van der Waals surface area (Å²) in [6, 6.07) is 14.0. The number of hydrogen-bond acceptors (Lipinski definition) is 5. The summed E-state index contributed by atoms with van der Waals surface area (Å²) in [6.45, 7) is 1.19. The van der Waals surface area contributed by atoms with Gasteiger partial charge in [-0.25, -0.2) is 0 Å². The molecule has 0 heterocycles. The number of nitrogens with one attached hydrogen (secondary N) is 1. The molecule has 132 valence electrons. The highest BCUT2D eigenvalue weighted by atomic mass is 16.6. The lowest BCUT2D eigenvalue weighted by atomic mass is 10.1. The normalized spacial score (nSPS) is 10.3. The predicted molar refractivity (Wildman–Crippen MR) is 95.7 cm³/mol. The van der Waals surface area contributed by atoms with Crippen LogP contribution in [0.2, 0.25) is 0 Å². The van der Waals surface area contributed by atoms with Gasteiger partial charge in [-0.2, -0.15) is 0 Å². The van der Waals surface area contributed by atoms with Gasteiger partial charge in [0.05, 0.1) is 11.5 Å². The lowest BCUT2D eigenvalue weighted by Crippen LogP contribution is -2.33. The van der Waals surface area contributed by atoms with Crippen LogP contribution in [0.1, 0.15) is 15.9 Å². The maximum atomic E-state index is 12.9. The van der Waals surface area contributed by atoms with Gasteiger partial charge in [0.25, 0.3) is 11.6 Å². The average Bonchev–Trinajstić information content (AvgIpc) is 2.64. The van der Waals surface area contributed by atoms with Gasteiger partial charge >= 0.3 is 0 Å². The summed E-state index contributed by atoms with van der Waals surface area (Å²) in [6.07, 6.45) is 0. The molecule has 25 heavy (non-hydrogen) atoms. The van der Waals surface area contributed by atoms with Crippen molar-refractivity contribution >= 4 is 17.3 Å². The van der Waals surface area contributed by atoms with E-state index in [1.807, 2.05) is 30.3 Å². The predicted octanol–water partition coefficient (Wildman–Crippen LogP) is 2.93. The number of benzene rings is 2. The molecule has 0 saturated heterocycles. The summed E-state index contributed by atoms with van der Waals surface area (Å²) in [7, 11) is 3.17. The van der Waals surface area contributed by atoms with Crippen molar-refractivity contribution in [3.63, 3.8) is 0 Å². The molecule has 7 heteroatoms. The third kappa shape index (κ3) is 4.77. The Labute approximate surface area is 146 Å². The number of hydrogen-bond donors (Lipinski definition) is 1. The van der Waals surface area contributed by atoms with Gasteiger partial charge in [0, 0.05) is 38.9 Å².